The van der Waals surface area contributed by atoms with Gasteiger partial charge in [-0.3, -0.25) is 4.79 Å². The molecule has 1 aliphatic carbocycles. The number of hydrogen-bond acceptors (Lipinski definition) is 3. The summed E-state index contributed by atoms with van der Waals surface area (Å²) in [6.45, 7) is 2.70. The second-order valence-electron chi connectivity index (χ2n) is 6.15. The summed E-state index contributed by atoms with van der Waals surface area (Å²) in [6.07, 6.45) is 3.78. The average Bonchev–Trinajstić information content (AvgIpc) is 2.44. The molecule has 1 saturated heterocycles. The Hall–Kier alpha value is -1.79. The molecule has 1 atom stereocenters. The molecule has 21 heavy (non-hydrogen) atoms. The van der Waals surface area contributed by atoms with Gasteiger partial charge in [0, 0.05) is 6.54 Å². The van der Waals surface area contributed by atoms with Crippen molar-refractivity contribution in [1.82, 2.24) is 16.0 Å². The van der Waals surface area contributed by atoms with Crippen molar-refractivity contribution >= 4 is 17.9 Å². The van der Waals surface area contributed by atoms with Gasteiger partial charge in [-0.05, 0) is 44.4 Å². The van der Waals surface area contributed by atoms with Crippen LogP contribution in [-0.4, -0.2) is 41.1 Å². The highest BCUT2D eigenvalue weighted by atomic mass is 16.4. The summed E-state index contributed by atoms with van der Waals surface area (Å²) >= 11 is 0. The molecular formula is C14H23N3O4. The van der Waals surface area contributed by atoms with Crippen LogP contribution in [0.3, 0.4) is 0 Å². The summed E-state index contributed by atoms with van der Waals surface area (Å²) in [6, 6.07) is -1.15. The van der Waals surface area contributed by atoms with Crippen LogP contribution in [0.4, 0.5) is 4.79 Å². The smallest absolute Gasteiger partial charge is 0.329 e. The number of hydrogen-bond donors (Lipinski definition) is 4. The summed E-state index contributed by atoms with van der Waals surface area (Å²) in [5.41, 5.74) is -1.21. The van der Waals surface area contributed by atoms with Gasteiger partial charge in [0.15, 0.2) is 0 Å². The average molecular weight is 297 g/mol. The summed E-state index contributed by atoms with van der Waals surface area (Å²) in [5.74, 6) is -0.734. The zero-order chi connectivity index (χ0) is 15.5. The van der Waals surface area contributed by atoms with E-state index in [0.717, 1.165) is 19.3 Å². The summed E-state index contributed by atoms with van der Waals surface area (Å²) in [5, 5.41) is 17.3. The molecule has 2 rings (SSSR count). The molecule has 2 fully saturated rings. The van der Waals surface area contributed by atoms with Crippen LogP contribution in [0.1, 0.15) is 45.4 Å². The molecule has 0 aromatic heterocycles. The van der Waals surface area contributed by atoms with E-state index < -0.39 is 23.6 Å². The molecule has 2 aliphatic rings. The lowest BCUT2D eigenvalue weighted by Crippen LogP contribution is -2.61. The molecule has 3 amide bonds. The molecule has 1 saturated carbocycles. The van der Waals surface area contributed by atoms with E-state index in [1.165, 1.54) is 0 Å². The lowest BCUT2D eigenvalue weighted by atomic mass is 9.77. The molecule has 0 aromatic rings. The Morgan fingerprint density at radius 1 is 1.29 bits per heavy atom. The molecule has 7 nitrogen and oxygen atoms in total. The first-order valence-electron chi connectivity index (χ1n) is 7.53. The van der Waals surface area contributed by atoms with Crippen LogP contribution in [0.2, 0.25) is 0 Å². The minimum Gasteiger partial charge on any atom is -0.480 e. The number of carboxylic acid groups (broad SMARTS) is 1. The van der Waals surface area contributed by atoms with Gasteiger partial charge in [0.1, 0.15) is 11.6 Å². The van der Waals surface area contributed by atoms with Gasteiger partial charge in [0.25, 0.3) is 0 Å². The second-order valence-corrected chi connectivity index (χ2v) is 6.15. The number of nitrogens with one attached hydrogen (secondary N) is 3. The highest BCUT2D eigenvalue weighted by Crippen LogP contribution is 2.32. The summed E-state index contributed by atoms with van der Waals surface area (Å²) in [4.78, 5) is 35.2. The molecule has 7 heteroatoms. The SMILES string of the molecule is CC1CCC(NC(=O)NC2CCCNC2=O)(C(=O)O)CC1. The molecular weight excluding hydrogens is 274 g/mol. The maximum atomic E-state index is 12.1. The summed E-state index contributed by atoms with van der Waals surface area (Å²) in [7, 11) is 0. The molecule has 1 unspecified atom stereocenters. The second kappa shape index (κ2) is 6.32. The highest BCUT2D eigenvalue weighted by Gasteiger charge is 2.43. The van der Waals surface area contributed by atoms with Crippen LogP contribution in [0, 0.1) is 5.92 Å². The van der Waals surface area contributed by atoms with Crippen LogP contribution in [0.15, 0.2) is 0 Å². The van der Waals surface area contributed by atoms with E-state index >= 15 is 0 Å². The number of aliphatic carboxylic acids is 1. The van der Waals surface area contributed by atoms with Crippen molar-refractivity contribution in [3.8, 4) is 0 Å². The standard InChI is InChI=1S/C14H23N3O4/c1-9-4-6-14(7-5-9,12(19)20)17-13(21)16-10-3-2-8-15-11(10)18/h9-10H,2-8H2,1H3,(H,15,18)(H,19,20)(H2,16,17,21). The van der Waals surface area contributed by atoms with Gasteiger partial charge in [-0.2, -0.15) is 0 Å². The molecule has 0 aromatic carbocycles. The molecule has 118 valence electrons. The first-order chi connectivity index (χ1) is 9.93. The van der Waals surface area contributed by atoms with Gasteiger partial charge >= 0.3 is 12.0 Å². The molecule has 1 aliphatic heterocycles. The number of rotatable bonds is 3. The fraction of sp³-hybridized carbons (Fsp3) is 0.786. The zero-order valence-electron chi connectivity index (χ0n) is 12.3. The van der Waals surface area contributed by atoms with E-state index in [1.54, 1.807) is 0 Å². The van der Waals surface area contributed by atoms with Crippen molar-refractivity contribution in [1.29, 1.82) is 0 Å². The van der Waals surface area contributed by atoms with E-state index in [0.29, 0.717) is 31.7 Å². The number of carbonyl (C=O) groups is 3. The van der Waals surface area contributed by atoms with Crippen molar-refractivity contribution in [2.75, 3.05) is 6.54 Å². The largest absolute Gasteiger partial charge is 0.480 e. The number of carboxylic acids is 1. The van der Waals surface area contributed by atoms with Crippen molar-refractivity contribution in [3.63, 3.8) is 0 Å². The van der Waals surface area contributed by atoms with Crippen LogP contribution in [0.5, 0.6) is 0 Å². The van der Waals surface area contributed by atoms with Crippen molar-refractivity contribution in [2.45, 2.75) is 57.0 Å². The molecule has 0 radical (unpaired) electrons. The molecule has 0 bridgehead atoms. The Labute approximate surface area is 123 Å². The maximum absolute atomic E-state index is 12.1. The van der Waals surface area contributed by atoms with Crippen molar-refractivity contribution < 1.29 is 19.5 Å². The van der Waals surface area contributed by atoms with E-state index in [-0.39, 0.29) is 5.91 Å². The van der Waals surface area contributed by atoms with Crippen LogP contribution >= 0.6 is 0 Å². The number of piperidine rings is 1. The topological polar surface area (TPSA) is 108 Å². The molecule has 0 spiro atoms. The van der Waals surface area contributed by atoms with Gasteiger partial charge in [-0.1, -0.05) is 6.92 Å². The Balaban J connectivity index is 1.95. The minimum atomic E-state index is -1.21. The van der Waals surface area contributed by atoms with E-state index in [2.05, 4.69) is 22.9 Å². The Kier molecular flexibility index (Phi) is 4.69. The van der Waals surface area contributed by atoms with Gasteiger partial charge in [0.05, 0.1) is 0 Å². The highest BCUT2D eigenvalue weighted by molar-refractivity contribution is 5.90. The van der Waals surface area contributed by atoms with Crippen LogP contribution < -0.4 is 16.0 Å². The fourth-order valence-corrected chi connectivity index (χ4v) is 2.97. The Bertz CT molecular complexity index is 430. The van der Waals surface area contributed by atoms with Gasteiger partial charge in [-0.25, -0.2) is 9.59 Å². The lowest BCUT2D eigenvalue weighted by Gasteiger charge is -2.36. The third kappa shape index (κ3) is 3.65. The van der Waals surface area contributed by atoms with Crippen LogP contribution in [0.25, 0.3) is 0 Å². The van der Waals surface area contributed by atoms with Crippen molar-refractivity contribution in [3.05, 3.63) is 0 Å². The van der Waals surface area contributed by atoms with Gasteiger partial charge in [-0.15, -0.1) is 0 Å². The van der Waals surface area contributed by atoms with Crippen molar-refractivity contribution in [2.24, 2.45) is 5.92 Å². The number of amides is 3. The zero-order valence-corrected chi connectivity index (χ0v) is 12.3. The van der Waals surface area contributed by atoms with Gasteiger partial charge < -0.3 is 21.1 Å². The number of carbonyl (C=O) groups excluding carboxylic acids is 2. The van der Waals surface area contributed by atoms with E-state index in [1.807, 2.05) is 0 Å². The van der Waals surface area contributed by atoms with E-state index in [4.69, 9.17) is 0 Å². The normalized spacial score (nSPS) is 32.9. The lowest BCUT2D eigenvalue weighted by molar-refractivity contribution is -0.146. The monoisotopic (exact) mass is 297 g/mol. The van der Waals surface area contributed by atoms with E-state index in [9.17, 15) is 19.5 Å². The molecule has 1 heterocycles. The third-order valence-electron chi connectivity index (χ3n) is 4.48. The predicted octanol–water partition coefficient (Wildman–Crippen LogP) is 0.598. The third-order valence-corrected chi connectivity index (χ3v) is 4.48. The van der Waals surface area contributed by atoms with Gasteiger partial charge in [0.2, 0.25) is 5.91 Å². The maximum Gasteiger partial charge on any atom is 0.329 e. The molecule has 4 N–H and O–H groups in total. The fourth-order valence-electron chi connectivity index (χ4n) is 2.97. The van der Waals surface area contributed by atoms with Crippen LogP contribution in [-0.2, 0) is 9.59 Å². The minimum absolute atomic E-state index is 0.210. The summed E-state index contributed by atoms with van der Waals surface area (Å²) < 4.78 is 0. The predicted molar refractivity (Wildman–Crippen MR) is 75.7 cm³/mol. The quantitative estimate of drug-likeness (QED) is 0.611. The Morgan fingerprint density at radius 3 is 2.52 bits per heavy atom. The first kappa shape index (κ1) is 15.6. The first-order valence-corrected chi connectivity index (χ1v) is 7.53. The number of urea groups is 1. The Morgan fingerprint density at radius 2 is 1.95 bits per heavy atom.